The van der Waals surface area contributed by atoms with Gasteiger partial charge in [0.2, 0.25) is 0 Å². The Kier molecular flexibility index (Phi) is 7.76. The first-order valence-corrected chi connectivity index (χ1v) is 15.9. The van der Waals surface area contributed by atoms with Crippen molar-refractivity contribution in [3.05, 3.63) is 102 Å². The molecule has 42 heavy (non-hydrogen) atoms. The minimum Gasteiger partial charge on any atom is -0.354 e. The third kappa shape index (κ3) is 5.46. The predicted octanol–water partition coefficient (Wildman–Crippen LogP) is 8.35. The third-order valence-electron chi connectivity index (χ3n) is 9.41. The molecule has 3 aromatic carbocycles. The van der Waals surface area contributed by atoms with Crippen LogP contribution >= 0.6 is 0 Å². The van der Waals surface area contributed by atoms with Crippen LogP contribution in [0.4, 0.5) is 11.4 Å². The molecule has 1 aliphatic carbocycles. The zero-order valence-electron chi connectivity index (χ0n) is 24.5. The van der Waals surface area contributed by atoms with Crippen molar-refractivity contribution in [2.75, 3.05) is 25.0 Å². The van der Waals surface area contributed by atoms with Gasteiger partial charge in [-0.1, -0.05) is 61.4 Å². The van der Waals surface area contributed by atoms with Crippen molar-refractivity contribution in [1.82, 2.24) is 14.5 Å². The summed E-state index contributed by atoms with van der Waals surface area (Å²) >= 11 is 0. The quantitative estimate of drug-likeness (QED) is 0.155. The normalized spacial score (nSPS) is 17.4. The van der Waals surface area contributed by atoms with Gasteiger partial charge in [-0.05, 0) is 107 Å². The molecule has 0 radical (unpaired) electrons. The number of hydrogen-bond donors (Lipinski definition) is 1. The van der Waals surface area contributed by atoms with Gasteiger partial charge in [0.15, 0.2) is 0 Å². The molecule has 3 aliphatic heterocycles. The Morgan fingerprint density at radius 1 is 0.762 bits per heavy atom. The molecule has 2 saturated heterocycles. The minimum atomic E-state index is 0.466. The van der Waals surface area contributed by atoms with Gasteiger partial charge < -0.3 is 9.88 Å². The number of nitrogens with one attached hydrogen (secondary N) is 1. The highest BCUT2D eigenvalue weighted by molar-refractivity contribution is 5.84. The largest absolute Gasteiger partial charge is 0.354 e. The Morgan fingerprint density at radius 2 is 1.48 bits per heavy atom. The number of fused-ring (bicyclic) bond motifs is 3. The number of benzene rings is 4. The van der Waals surface area contributed by atoms with E-state index in [1.165, 1.54) is 64.5 Å². The summed E-state index contributed by atoms with van der Waals surface area (Å²) in [4.78, 5) is 13.2. The Balaban J connectivity index is 1.24. The van der Waals surface area contributed by atoms with Gasteiger partial charge in [-0.25, -0.2) is 4.98 Å². The predicted molar refractivity (Wildman–Crippen MR) is 174 cm³/mol. The van der Waals surface area contributed by atoms with Crippen LogP contribution in [0.25, 0.3) is 28.1 Å². The molecule has 214 valence electrons. The van der Waals surface area contributed by atoms with Crippen LogP contribution < -0.4 is 10.7 Å². The van der Waals surface area contributed by atoms with E-state index in [4.69, 9.17) is 9.98 Å². The van der Waals surface area contributed by atoms with E-state index in [9.17, 15) is 0 Å². The fourth-order valence-corrected chi connectivity index (χ4v) is 7.32. The molecule has 4 aliphatic rings. The van der Waals surface area contributed by atoms with Crippen molar-refractivity contribution in [3.8, 4) is 17.1 Å². The van der Waals surface area contributed by atoms with Gasteiger partial charge in [-0.2, -0.15) is 0 Å². The van der Waals surface area contributed by atoms with Crippen molar-refractivity contribution < 1.29 is 0 Å². The summed E-state index contributed by atoms with van der Waals surface area (Å²) in [6, 6.07) is 33.8. The second-order valence-electron chi connectivity index (χ2n) is 12.1. The molecular weight excluding hydrogens is 514 g/mol. The summed E-state index contributed by atoms with van der Waals surface area (Å²) in [6.45, 7) is 3.44. The summed E-state index contributed by atoms with van der Waals surface area (Å²) < 4.78 is 2.32. The number of unbranched alkanes of at least 4 members (excludes halogenated alkanes) is 1. The number of aromatic nitrogens is 2. The van der Waals surface area contributed by atoms with Crippen LogP contribution in [0.15, 0.2) is 102 Å². The van der Waals surface area contributed by atoms with E-state index in [-0.39, 0.29) is 0 Å². The molecule has 7 rings (SSSR count). The molecule has 0 saturated carbocycles. The maximum absolute atomic E-state index is 5.23. The fraction of sp³-hybridized carbons (Fsp3) is 0.351. The first-order chi connectivity index (χ1) is 20.8. The number of hydrogen-bond acceptors (Lipinski definition) is 4. The average molecular weight is 556 g/mol. The molecular formula is C37H41N5. The molecule has 0 bridgehead atoms. The highest BCUT2D eigenvalue weighted by Crippen LogP contribution is 2.40. The van der Waals surface area contributed by atoms with Crippen molar-refractivity contribution in [2.24, 2.45) is 4.99 Å². The van der Waals surface area contributed by atoms with Crippen LogP contribution in [0.2, 0.25) is 0 Å². The Morgan fingerprint density at radius 3 is 2.26 bits per heavy atom. The average Bonchev–Trinajstić information content (AvgIpc) is 3.04. The van der Waals surface area contributed by atoms with Crippen molar-refractivity contribution in [1.29, 1.82) is 0 Å². The van der Waals surface area contributed by atoms with Gasteiger partial charge >= 0.3 is 0 Å². The molecule has 0 spiro atoms. The topological polar surface area (TPSA) is 45.5 Å². The highest BCUT2D eigenvalue weighted by atomic mass is 15.2. The van der Waals surface area contributed by atoms with Gasteiger partial charge in [0.05, 0.1) is 33.5 Å². The molecule has 0 amide bonds. The van der Waals surface area contributed by atoms with E-state index in [1.807, 2.05) is 6.07 Å². The summed E-state index contributed by atoms with van der Waals surface area (Å²) in [7, 11) is 0. The van der Waals surface area contributed by atoms with Crippen molar-refractivity contribution >= 4 is 22.4 Å². The molecule has 2 fully saturated rings. The van der Waals surface area contributed by atoms with Crippen molar-refractivity contribution in [3.63, 3.8) is 0 Å². The zero-order chi connectivity index (χ0) is 28.2. The number of para-hydroxylation sites is 4. The van der Waals surface area contributed by atoms with E-state index in [2.05, 4.69) is 106 Å². The highest BCUT2D eigenvalue weighted by Gasteiger charge is 2.39. The Bertz CT molecular complexity index is 1660. The van der Waals surface area contributed by atoms with Gasteiger partial charge in [0.25, 0.3) is 0 Å². The lowest BCUT2D eigenvalue weighted by Crippen LogP contribution is -2.54. The van der Waals surface area contributed by atoms with Gasteiger partial charge in [0.1, 0.15) is 0 Å². The fourth-order valence-electron chi connectivity index (χ4n) is 7.32. The van der Waals surface area contributed by atoms with Crippen LogP contribution in [-0.2, 0) is 0 Å². The van der Waals surface area contributed by atoms with Crippen LogP contribution in [0.1, 0.15) is 57.8 Å². The minimum absolute atomic E-state index is 0.466. The van der Waals surface area contributed by atoms with Crippen LogP contribution in [0, 0.1) is 0 Å². The van der Waals surface area contributed by atoms with E-state index < -0.39 is 0 Å². The second-order valence-corrected chi connectivity index (χ2v) is 12.1. The number of piperidine rings is 2. The lowest BCUT2D eigenvalue weighted by atomic mass is 9.76. The summed E-state index contributed by atoms with van der Waals surface area (Å²) in [5.74, 6) is 0. The molecule has 3 aromatic rings. The standard InChI is InChI=1S/C37H41N5/c1-3-15-29(16-4-1)39-33-27-34-36(42(30-17-5-2-6-18-30)35-20-8-7-19-31(35)40-34)28-32(33)38-24-12-9-21-37-22-10-13-25-41(37)26-14-11-23-37/h1-8,15-20,27-28,39H,9-14,21-26H2. The molecule has 5 nitrogen and oxygen atoms in total. The van der Waals surface area contributed by atoms with Crippen LogP contribution in [-0.4, -0.2) is 39.6 Å². The van der Waals surface area contributed by atoms with Gasteiger partial charge in [0, 0.05) is 23.5 Å². The molecule has 0 aromatic heterocycles. The third-order valence-corrected chi connectivity index (χ3v) is 9.41. The smallest absolute Gasteiger partial charge is 0.0900 e. The lowest BCUT2D eigenvalue weighted by Gasteiger charge is -2.51. The number of rotatable bonds is 8. The molecule has 5 heteroatoms. The number of anilines is 2. The molecule has 1 N–H and O–H groups in total. The summed E-state index contributed by atoms with van der Waals surface area (Å²) in [6.07, 6.45) is 12.0. The van der Waals surface area contributed by atoms with Gasteiger partial charge in [-0.15, -0.1) is 0 Å². The lowest BCUT2D eigenvalue weighted by molar-refractivity contribution is 0.00364. The van der Waals surface area contributed by atoms with E-state index in [1.54, 1.807) is 0 Å². The number of nitrogens with zero attached hydrogens (tertiary/aromatic N) is 4. The maximum Gasteiger partial charge on any atom is 0.0900 e. The zero-order valence-corrected chi connectivity index (χ0v) is 24.5. The SMILES string of the molecule is c1ccc(Nc2cc3nc4ccccc4n(-c4ccccc4)c-3cc2=NCCCCC23CCCCN2CCCC3)cc1. The monoisotopic (exact) mass is 555 g/mol. The van der Waals surface area contributed by atoms with Crippen LogP contribution in [0.3, 0.4) is 0 Å². The molecule has 0 unspecified atom stereocenters. The summed E-state index contributed by atoms with van der Waals surface area (Å²) in [5.41, 5.74) is 7.73. The molecule has 3 heterocycles. The van der Waals surface area contributed by atoms with E-state index in [0.29, 0.717) is 5.54 Å². The van der Waals surface area contributed by atoms with E-state index >= 15 is 0 Å². The Labute approximate surface area is 249 Å². The van der Waals surface area contributed by atoms with Crippen molar-refractivity contribution in [2.45, 2.75) is 63.3 Å². The molecule has 0 atom stereocenters. The van der Waals surface area contributed by atoms with E-state index in [0.717, 1.165) is 57.8 Å². The second kappa shape index (κ2) is 12.1. The maximum atomic E-state index is 5.23. The van der Waals surface area contributed by atoms with Gasteiger partial charge in [-0.3, -0.25) is 9.89 Å². The first-order valence-electron chi connectivity index (χ1n) is 15.9. The Hall–Kier alpha value is -3.96. The van der Waals surface area contributed by atoms with Crippen LogP contribution in [0.5, 0.6) is 0 Å². The first kappa shape index (κ1) is 26.9. The summed E-state index contributed by atoms with van der Waals surface area (Å²) in [5, 5.41) is 4.64.